The van der Waals surface area contributed by atoms with Crippen molar-refractivity contribution in [3.63, 3.8) is 0 Å². The highest BCUT2D eigenvalue weighted by molar-refractivity contribution is 9.10. The summed E-state index contributed by atoms with van der Waals surface area (Å²) in [6, 6.07) is 18.1. The van der Waals surface area contributed by atoms with Gasteiger partial charge in [0.2, 0.25) is 5.90 Å². The van der Waals surface area contributed by atoms with Gasteiger partial charge in [0.15, 0.2) is 5.54 Å². The number of carbonyl (C=O) groups excluding carboxylic acids is 1. The maximum absolute atomic E-state index is 13.4. The molecule has 3 aromatic carbocycles. The van der Waals surface area contributed by atoms with Gasteiger partial charge in [0.25, 0.3) is 5.91 Å². The Morgan fingerprint density at radius 2 is 1.84 bits per heavy atom. The Labute approximate surface area is 228 Å². The molecule has 10 heteroatoms. The first-order valence-corrected chi connectivity index (χ1v) is 13.0. The Kier molecular flexibility index (Phi) is 9.43. The number of nitrogens with one attached hydrogen (secondary N) is 2. The number of carbonyl (C=O) groups is 1. The van der Waals surface area contributed by atoms with Gasteiger partial charge in [0, 0.05) is 42.1 Å². The summed E-state index contributed by atoms with van der Waals surface area (Å²) in [5.41, 5.74) is 6.36. The molecule has 4 rings (SSSR count). The molecule has 1 heterocycles. The molecule has 38 heavy (non-hydrogen) atoms. The minimum atomic E-state index is -1.24. The maximum Gasteiger partial charge on any atom is 0.266 e. The summed E-state index contributed by atoms with van der Waals surface area (Å²) in [4.78, 5) is 18.2. The molecule has 200 valence electrons. The SMILES string of the molecule is O=C(NNCCc1cc(F)cc(F)c1)[C@]1(Cc2ccccc2Br)COC(c2ccc(OCCCO)cc2)=N1. The van der Waals surface area contributed by atoms with E-state index in [0.717, 1.165) is 16.1 Å². The third-order valence-electron chi connectivity index (χ3n) is 5.96. The highest BCUT2D eigenvalue weighted by Crippen LogP contribution is 2.30. The smallest absolute Gasteiger partial charge is 0.266 e. The van der Waals surface area contributed by atoms with Crippen molar-refractivity contribution in [3.8, 4) is 5.75 Å². The lowest BCUT2D eigenvalue weighted by Crippen LogP contribution is -2.53. The fourth-order valence-electron chi connectivity index (χ4n) is 4.01. The van der Waals surface area contributed by atoms with Crippen LogP contribution in [0.4, 0.5) is 8.78 Å². The van der Waals surface area contributed by atoms with Crippen molar-refractivity contribution in [1.29, 1.82) is 0 Å². The van der Waals surface area contributed by atoms with Crippen molar-refractivity contribution >= 4 is 27.7 Å². The lowest BCUT2D eigenvalue weighted by molar-refractivity contribution is -0.127. The molecule has 0 aromatic heterocycles. The lowest BCUT2D eigenvalue weighted by Gasteiger charge is -2.24. The highest BCUT2D eigenvalue weighted by atomic mass is 79.9. The molecular weight excluding hydrogens is 560 g/mol. The second-order valence-corrected chi connectivity index (χ2v) is 9.72. The Bertz CT molecular complexity index is 1270. The zero-order valence-corrected chi connectivity index (χ0v) is 22.1. The normalized spacial score (nSPS) is 16.6. The van der Waals surface area contributed by atoms with E-state index in [9.17, 15) is 13.6 Å². The van der Waals surface area contributed by atoms with Gasteiger partial charge in [-0.15, -0.1) is 0 Å². The Hall–Kier alpha value is -3.34. The van der Waals surface area contributed by atoms with E-state index >= 15 is 0 Å². The Morgan fingerprint density at radius 1 is 1.11 bits per heavy atom. The molecule has 1 atom stereocenters. The quantitative estimate of drug-likeness (QED) is 0.219. The van der Waals surface area contributed by atoms with Gasteiger partial charge in [-0.3, -0.25) is 10.2 Å². The predicted octanol–water partition coefficient (Wildman–Crippen LogP) is 4.11. The monoisotopic (exact) mass is 587 g/mol. The van der Waals surface area contributed by atoms with E-state index in [1.807, 2.05) is 24.3 Å². The molecule has 1 aliphatic heterocycles. The van der Waals surface area contributed by atoms with Crippen molar-refractivity contribution in [3.05, 3.63) is 99.5 Å². The summed E-state index contributed by atoms with van der Waals surface area (Å²) in [5, 5.41) is 8.91. The zero-order valence-electron chi connectivity index (χ0n) is 20.6. The molecule has 0 radical (unpaired) electrons. The summed E-state index contributed by atoms with van der Waals surface area (Å²) in [6.07, 6.45) is 1.13. The van der Waals surface area contributed by atoms with Gasteiger partial charge in [-0.05, 0) is 60.0 Å². The molecule has 3 N–H and O–H groups in total. The number of hydrogen-bond donors (Lipinski definition) is 3. The fourth-order valence-corrected chi connectivity index (χ4v) is 4.43. The summed E-state index contributed by atoms with van der Waals surface area (Å²) in [5.74, 6) is -0.695. The van der Waals surface area contributed by atoms with Crippen LogP contribution < -0.4 is 15.6 Å². The van der Waals surface area contributed by atoms with Crippen LogP contribution in [0.5, 0.6) is 5.75 Å². The molecule has 0 unspecified atom stereocenters. The van der Waals surface area contributed by atoms with Crippen LogP contribution >= 0.6 is 15.9 Å². The molecule has 0 saturated heterocycles. The lowest BCUT2D eigenvalue weighted by atomic mass is 9.91. The Morgan fingerprint density at radius 3 is 2.55 bits per heavy atom. The number of aliphatic imine (C=N–C) groups is 1. The van der Waals surface area contributed by atoms with Gasteiger partial charge < -0.3 is 14.6 Å². The standard InChI is InChI=1S/C28H28BrF2N3O4/c29-25-5-2-1-4-21(25)17-28(27(36)34-32-11-10-19-14-22(30)16-23(31)15-19)18-38-26(33-28)20-6-8-24(9-7-20)37-13-3-12-35/h1-2,4-9,14-16,32,35H,3,10-13,17-18H2,(H,34,36)/t28-/m0/s1. The first-order valence-electron chi connectivity index (χ1n) is 12.2. The van der Waals surface area contributed by atoms with Crippen LogP contribution in [-0.2, 0) is 22.4 Å². The molecule has 1 aliphatic rings. The molecular formula is C28H28BrF2N3O4. The van der Waals surface area contributed by atoms with E-state index in [2.05, 4.69) is 26.8 Å². The van der Waals surface area contributed by atoms with Gasteiger partial charge in [-0.2, -0.15) is 0 Å². The second kappa shape index (κ2) is 12.9. The number of aliphatic hydroxyl groups excluding tert-OH is 1. The number of hydrogen-bond acceptors (Lipinski definition) is 6. The van der Waals surface area contributed by atoms with Crippen LogP contribution in [0.15, 0.2) is 76.2 Å². The van der Waals surface area contributed by atoms with E-state index < -0.39 is 23.1 Å². The van der Waals surface area contributed by atoms with Crippen molar-refractivity contribution in [2.75, 3.05) is 26.4 Å². The number of benzene rings is 3. The van der Waals surface area contributed by atoms with E-state index in [4.69, 9.17) is 19.6 Å². The van der Waals surface area contributed by atoms with E-state index in [1.165, 1.54) is 12.1 Å². The van der Waals surface area contributed by atoms with Crippen LogP contribution in [0.25, 0.3) is 0 Å². The molecule has 0 fully saturated rings. The first kappa shape index (κ1) is 27.7. The summed E-state index contributed by atoms with van der Waals surface area (Å²) in [6.45, 7) is 0.752. The second-order valence-electron chi connectivity index (χ2n) is 8.86. The van der Waals surface area contributed by atoms with Gasteiger partial charge in [0.1, 0.15) is 24.0 Å². The minimum Gasteiger partial charge on any atom is -0.494 e. The summed E-state index contributed by atoms with van der Waals surface area (Å²) in [7, 11) is 0. The van der Waals surface area contributed by atoms with Crippen LogP contribution in [-0.4, -0.2) is 48.8 Å². The van der Waals surface area contributed by atoms with E-state index in [1.54, 1.807) is 24.3 Å². The topological polar surface area (TPSA) is 92.2 Å². The average Bonchev–Trinajstić information content (AvgIpc) is 3.33. The van der Waals surface area contributed by atoms with Gasteiger partial charge in [-0.1, -0.05) is 34.1 Å². The minimum absolute atomic E-state index is 0.0288. The summed E-state index contributed by atoms with van der Waals surface area (Å²) >= 11 is 3.54. The van der Waals surface area contributed by atoms with Crippen molar-refractivity contribution < 1.29 is 28.2 Å². The molecule has 0 aliphatic carbocycles. The fraction of sp³-hybridized carbons (Fsp3) is 0.286. The number of amides is 1. The highest BCUT2D eigenvalue weighted by Gasteiger charge is 2.45. The molecule has 0 spiro atoms. The van der Waals surface area contributed by atoms with Crippen molar-refractivity contribution in [2.24, 2.45) is 4.99 Å². The molecule has 7 nitrogen and oxygen atoms in total. The molecule has 3 aromatic rings. The Balaban J connectivity index is 1.48. The third-order valence-corrected chi connectivity index (χ3v) is 6.74. The number of rotatable bonds is 12. The van der Waals surface area contributed by atoms with Crippen molar-refractivity contribution in [1.82, 2.24) is 10.9 Å². The van der Waals surface area contributed by atoms with Crippen LogP contribution in [0.2, 0.25) is 0 Å². The zero-order chi connectivity index (χ0) is 27.0. The van der Waals surface area contributed by atoms with Crippen LogP contribution in [0.1, 0.15) is 23.1 Å². The van der Waals surface area contributed by atoms with E-state index in [0.29, 0.717) is 42.2 Å². The predicted molar refractivity (Wildman–Crippen MR) is 143 cm³/mol. The number of ether oxygens (including phenoxy) is 2. The third kappa shape index (κ3) is 7.15. The van der Waals surface area contributed by atoms with E-state index in [-0.39, 0.29) is 26.2 Å². The average molecular weight is 588 g/mol. The first-order chi connectivity index (χ1) is 18.4. The maximum atomic E-state index is 13.4. The summed E-state index contributed by atoms with van der Waals surface area (Å²) < 4.78 is 39.2. The van der Waals surface area contributed by atoms with Gasteiger partial charge in [0.05, 0.1) is 6.61 Å². The number of aliphatic hydroxyl groups is 1. The number of halogens is 3. The molecule has 0 bridgehead atoms. The van der Waals surface area contributed by atoms with Gasteiger partial charge in [-0.25, -0.2) is 19.2 Å². The van der Waals surface area contributed by atoms with Crippen LogP contribution in [0.3, 0.4) is 0 Å². The number of hydrazine groups is 1. The largest absolute Gasteiger partial charge is 0.494 e. The van der Waals surface area contributed by atoms with Crippen LogP contribution in [0, 0.1) is 11.6 Å². The molecule has 1 amide bonds. The molecule has 0 saturated carbocycles. The van der Waals surface area contributed by atoms with Gasteiger partial charge >= 0.3 is 0 Å². The number of nitrogens with zero attached hydrogens (tertiary/aromatic N) is 1. The van der Waals surface area contributed by atoms with Crippen molar-refractivity contribution in [2.45, 2.75) is 24.8 Å².